The number of thiazole rings is 1. The number of amides is 1. The number of hydrogen-bond donors (Lipinski definition) is 1. The largest absolute Gasteiger partial charge is 0.494 e. The van der Waals surface area contributed by atoms with Gasteiger partial charge in [-0.3, -0.25) is 15.1 Å². The molecule has 0 radical (unpaired) electrons. The van der Waals surface area contributed by atoms with Crippen molar-refractivity contribution in [3.63, 3.8) is 0 Å². The number of carbonyl (C=O) groups is 1. The number of para-hydroxylation sites is 1. The van der Waals surface area contributed by atoms with Crippen LogP contribution in [0.3, 0.4) is 0 Å². The third-order valence-corrected chi connectivity index (χ3v) is 5.30. The monoisotopic (exact) mass is 410 g/mol. The number of benzene rings is 1. The average Bonchev–Trinajstić information content (AvgIpc) is 3.10. The van der Waals surface area contributed by atoms with E-state index in [1.807, 2.05) is 37.3 Å². The van der Waals surface area contributed by atoms with Crippen LogP contribution in [-0.4, -0.2) is 28.0 Å². The lowest BCUT2D eigenvalue weighted by Gasteiger charge is -2.13. The highest BCUT2D eigenvalue weighted by molar-refractivity contribution is 7.22. The lowest BCUT2D eigenvalue weighted by Crippen LogP contribution is -2.14. The number of aromatic nitrogens is 3. The topological polar surface area (TPSA) is 77.0 Å². The minimum Gasteiger partial charge on any atom is -0.494 e. The SMILES string of the molecule is COc1cnc(Cl)cc1-c1cc(C)ncc1C(=O)Nc1nc2ccccc2s1. The summed E-state index contributed by atoms with van der Waals surface area (Å²) in [6.07, 6.45) is 3.07. The number of pyridine rings is 2. The Hall–Kier alpha value is -3.03. The molecule has 3 heterocycles. The Balaban J connectivity index is 1.76. The first-order valence-corrected chi connectivity index (χ1v) is 9.58. The van der Waals surface area contributed by atoms with Crippen molar-refractivity contribution in [2.24, 2.45) is 0 Å². The van der Waals surface area contributed by atoms with Crippen LogP contribution in [0.25, 0.3) is 21.3 Å². The van der Waals surface area contributed by atoms with Gasteiger partial charge in [-0.1, -0.05) is 35.1 Å². The van der Waals surface area contributed by atoms with Gasteiger partial charge in [0.25, 0.3) is 5.91 Å². The van der Waals surface area contributed by atoms with Gasteiger partial charge in [0.05, 0.1) is 29.1 Å². The first-order valence-electron chi connectivity index (χ1n) is 8.38. The average molecular weight is 411 g/mol. The maximum Gasteiger partial charge on any atom is 0.259 e. The minimum atomic E-state index is -0.309. The van der Waals surface area contributed by atoms with Crippen LogP contribution in [0.5, 0.6) is 5.75 Å². The second-order valence-electron chi connectivity index (χ2n) is 6.02. The Bertz CT molecular complexity index is 1160. The van der Waals surface area contributed by atoms with Crippen molar-refractivity contribution in [2.75, 3.05) is 12.4 Å². The first-order chi connectivity index (χ1) is 13.5. The molecule has 1 amide bonds. The maximum atomic E-state index is 13.0. The molecule has 0 atom stereocenters. The Morgan fingerprint density at radius 3 is 2.75 bits per heavy atom. The number of halogens is 1. The molecule has 0 saturated carbocycles. The van der Waals surface area contributed by atoms with E-state index in [2.05, 4.69) is 20.3 Å². The van der Waals surface area contributed by atoms with E-state index in [9.17, 15) is 4.79 Å². The molecular weight excluding hydrogens is 396 g/mol. The fourth-order valence-corrected chi connectivity index (χ4v) is 3.86. The fourth-order valence-electron chi connectivity index (χ4n) is 2.84. The standard InChI is InChI=1S/C20H15ClN4O2S/c1-11-7-12(13-8-18(21)23-10-16(13)27-2)14(9-22-11)19(26)25-20-24-15-5-3-4-6-17(15)28-20/h3-10H,1-2H3,(H,24,25,26). The van der Waals surface area contributed by atoms with Gasteiger partial charge in [0, 0.05) is 23.0 Å². The van der Waals surface area contributed by atoms with Gasteiger partial charge in [-0.05, 0) is 31.2 Å². The molecule has 8 heteroatoms. The normalized spacial score (nSPS) is 10.8. The molecule has 0 bridgehead atoms. The van der Waals surface area contributed by atoms with E-state index in [-0.39, 0.29) is 5.91 Å². The van der Waals surface area contributed by atoms with Crippen LogP contribution in [0.15, 0.2) is 48.8 Å². The maximum absolute atomic E-state index is 13.0. The number of rotatable bonds is 4. The second-order valence-corrected chi connectivity index (χ2v) is 7.44. The third kappa shape index (κ3) is 3.54. The lowest BCUT2D eigenvalue weighted by molar-refractivity contribution is 0.102. The van der Waals surface area contributed by atoms with Crippen LogP contribution in [0, 0.1) is 6.92 Å². The molecule has 140 valence electrons. The molecule has 1 aromatic carbocycles. The highest BCUT2D eigenvalue weighted by Crippen LogP contribution is 2.34. The highest BCUT2D eigenvalue weighted by atomic mass is 35.5. The van der Waals surface area contributed by atoms with Gasteiger partial charge in [0.15, 0.2) is 5.13 Å². The Labute approximate surface area is 170 Å². The first kappa shape index (κ1) is 18.3. The molecule has 0 aliphatic rings. The van der Waals surface area contributed by atoms with Crippen LogP contribution >= 0.6 is 22.9 Å². The van der Waals surface area contributed by atoms with E-state index in [1.54, 1.807) is 19.4 Å². The Kier molecular flexibility index (Phi) is 4.93. The summed E-state index contributed by atoms with van der Waals surface area (Å²) >= 11 is 7.50. The van der Waals surface area contributed by atoms with Gasteiger partial charge in [-0.15, -0.1) is 0 Å². The molecule has 6 nitrogen and oxygen atoms in total. The summed E-state index contributed by atoms with van der Waals surface area (Å²) in [6.45, 7) is 1.86. The molecule has 3 aromatic heterocycles. The molecular formula is C20H15ClN4O2S. The molecule has 0 fully saturated rings. The van der Waals surface area contributed by atoms with Gasteiger partial charge in [-0.25, -0.2) is 9.97 Å². The predicted molar refractivity (Wildman–Crippen MR) is 111 cm³/mol. The van der Waals surface area contributed by atoms with E-state index in [0.717, 1.165) is 15.9 Å². The van der Waals surface area contributed by atoms with Crippen molar-refractivity contribution >= 4 is 44.2 Å². The van der Waals surface area contributed by atoms with Crippen LogP contribution in [0.1, 0.15) is 16.1 Å². The molecule has 0 aliphatic heterocycles. The lowest BCUT2D eigenvalue weighted by atomic mass is 10.0. The van der Waals surface area contributed by atoms with Gasteiger partial charge in [-0.2, -0.15) is 0 Å². The van der Waals surface area contributed by atoms with Crippen molar-refractivity contribution in [2.45, 2.75) is 6.92 Å². The molecule has 0 unspecified atom stereocenters. The van der Waals surface area contributed by atoms with Crippen molar-refractivity contribution in [1.29, 1.82) is 0 Å². The van der Waals surface area contributed by atoms with E-state index >= 15 is 0 Å². The van der Waals surface area contributed by atoms with Crippen LogP contribution in [0.2, 0.25) is 5.15 Å². The summed E-state index contributed by atoms with van der Waals surface area (Å²) < 4.78 is 6.41. The number of methoxy groups -OCH3 is 1. The Morgan fingerprint density at radius 2 is 1.96 bits per heavy atom. The van der Waals surface area contributed by atoms with E-state index in [0.29, 0.717) is 32.7 Å². The van der Waals surface area contributed by atoms with E-state index < -0.39 is 0 Å². The number of anilines is 1. The van der Waals surface area contributed by atoms with Crippen LogP contribution < -0.4 is 10.1 Å². The number of nitrogens with one attached hydrogen (secondary N) is 1. The third-order valence-electron chi connectivity index (χ3n) is 4.14. The molecule has 4 aromatic rings. The zero-order chi connectivity index (χ0) is 19.7. The number of aryl methyl sites for hydroxylation is 1. The van der Waals surface area contributed by atoms with E-state index in [4.69, 9.17) is 16.3 Å². The van der Waals surface area contributed by atoms with Crippen LogP contribution in [-0.2, 0) is 0 Å². The van der Waals surface area contributed by atoms with E-state index in [1.165, 1.54) is 17.5 Å². The van der Waals surface area contributed by atoms with Crippen LogP contribution in [0.4, 0.5) is 5.13 Å². The van der Waals surface area contributed by atoms with Gasteiger partial charge in [0.2, 0.25) is 0 Å². The number of carbonyl (C=O) groups excluding carboxylic acids is 1. The number of nitrogens with zero attached hydrogens (tertiary/aromatic N) is 3. The van der Waals surface area contributed by atoms with Crippen molar-refractivity contribution < 1.29 is 9.53 Å². The molecule has 28 heavy (non-hydrogen) atoms. The molecule has 1 N–H and O–H groups in total. The van der Waals surface area contributed by atoms with Crippen molar-refractivity contribution in [3.8, 4) is 16.9 Å². The molecule has 0 saturated heterocycles. The summed E-state index contributed by atoms with van der Waals surface area (Å²) in [7, 11) is 1.54. The van der Waals surface area contributed by atoms with Gasteiger partial charge in [0.1, 0.15) is 10.9 Å². The zero-order valence-electron chi connectivity index (χ0n) is 15.1. The van der Waals surface area contributed by atoms with Crippen molar-refractivity contribution in [3.05, 3.63) is 65.2 Å². The highest BCUT2D eigenvalue weighted by Gasteiger charge is 2.19. The summed E-state index contributed by atoms with van der Waals surface area (Å²) in [6, 6.07) is 11.2. The quantitative estimate of drug-likeness (QED) is 0.480. The van der Waals surface area contributed by atoms with Gasteiger partial charge < -0.3 is 4.74 Å². The second kappa shape index (κ2) is 7.53. The smallest absolute Gasteiger partial charge is 0.259 e. The summed E-state index contributed by atoms with van der Waals surface area (Å²) in [4.78, 5) is 25.8. The zero-order valence-corrected chi connectivity index (χ0v) is 16.6. The number of fused-ring (bicyclic) bond motifs is 1. The van der Waals surface area contributed by atoms with Gasteiger partial charge >= 0.3 is 0 Å². The minimum absolute atomic E-state index is 0.308. The molecule has 0 spiro atoms. The molecule has 0 aliphatic carbocycles. The molecule has 4 rings (SSSR count). The summed E-state index contributed by atoms with van der Waals surface area (Å²) in [5, 5.41) is 3.70. The number of hydrogen-bond acceptors (Lipinski definition) is 6. The Morgan fingerprint density at radius 1 is 1.14 bits per heavy atom. The number of ether oxygens (including phenoxy) is 1. The summed E-state index contributed by atoms with van der Waals surface area (Å²) in [5.41, 5.74) is 3.33. The summed E-state index contributed by atoms with van der Waals surface area (Å²) in [5.74, 6) is 0.209. The predicted octanol–water partition coefficient (Wildman–Crippen LogP) is 4.98. The van der Waals surface area contributed by atoms with Crippen molar-refractivity contribution in [1.82, 2.24) is 15.0 Å². The fraction of sp³-hybridized carbons (Fsp3) is 0.100.